The van der Waals surface area contributed by atoms with Gasteiger partial charge in [-0.3, -0.25) is 9.59 Å². The normalized spacial score (nSPS) is 15.0. The van der Waals surface area contributed by atoms with Crippen molar-refractivity contribution in [1.29, 1.82) is 0 Å². The van der Waals surface area contributed by atoms with Crippen LogP contribution in [-0.4, -0.2) is 15.7 Å². The number of benzene rings is 1. The highest BCUT2D eigenvalue weighted by atomic mass is 16.2. The van der Waals surface area contributed by atoms with E-state index in [2.05, 4.69) is 10.4 Å². The quantitative estimate of drug-likeness (QED) is 0.947. The largest absolute Gasteiger partial charge is 0.326 e. The maximum atomic E-state index is 12.2. The molecule has 0 saturated heterocycles. The molecular formula is C17H19N3O2. The van der Waals surface area contributed by atoms with E-state index >= 15 is 0 Å². The van der Waals surface area contributed by atoms with Crippen molar-refractivity contribution in [3.8, 4) is 11.3 Å². The van der Waals surface area contributed by atoms with Gasteiger partial charge in [-0.05, 0) is 31.0 Å². The molecule has 5 nitrogen and oxygen atoms in total. The van der Waals surface area contributed by atoms with Crippen LogP contribution < -0.4 is 10.9 Å². The molecule has 1 aromatic heterocycles. The number of nitrogens with zero attached hydrogens (tertiary/aromatic N) is 2. The fourth-order valence-corrected chi connectivity index (χ4v) is 2.84. The summed E-state index contributed by atoms with van der Waals surface area (Å²) in [6, 6.07) is 10.7. The Hall–Kier alpha value is -2.43. The molecule has 0 radical (unpaired) electrons. The maximum absolute atomic E-state index is 12.2. The SMILES string of the molecule is Cn1nc(-c2cccc(NC(=O)C3CCCC3)c2)ccc1=O. The number of hydrogen-bond acceptors (Lipinski definition) is 3. The van der Waals surface area contributed by atoms with Crippen LogP contribution in [0.15, 0.2) is 41.2 Å². The Kier molecular flexibility index (Phi) is 4.04. The van der Waals surface area contributed by atoms with Crippen molar-refractivity contribution < 1.29 is 4.79 Å². The lowest BCUT2D eigenvalue weighted by Gasteiger charge is -2.11. The first-order chi connectivity index (χ1) is 10.6. The maximum Gasteiger partial charge on any atom is 0.266 e. The van der Waals surface area contributed by atoms with Gasteiger partial charge in [0.1, 0.15) is 0 Å². The molecule has 1 amide bonds. The van der Waals surface area contributed by atoms with Gasteiger partial charge in [0.15, 0.2) is 0 Å². The lowest BCUT2D eigenvalue weighted by atomic mass is 10.1. The number of amides is 1. The van der Waals surface area contributed by atoms with Crippen LogP contribution in [0.25, 0.3) is 11.3 Å². The van der Waals surface area contributed by atoms with E-state index in [4.69, 9.17) is 0 Å². The molecule has 1 aromatic carbocycles. The van der Waals surface area contributed by atoms with E-state index in [9.17, 15) is 9.59 Å². The Morgan fingerprint density at radius 1 is 1.23 bits per heavy atom. The minimum absolute atomic E-state index is 0.100. The Labute approximate surface area is 129 Å². The average Bonchev–Trinajstić information content (AvgIpc) is 3.05. The fraction of sp³-hybridized carbons (Fsp3) is 0.353. The van der Waals surface area contributed by atoms with Crippen molar-refractivity contribution in [3.05, 3.63) is 46.8 Å². The second kappa shape index (κ2) is 6.13. The summed E-state index contributed by atoms with van der Waals surface area (Å²) in [5, 5.41) is 7.22. The number of carbonyl (C=O) groups is 1. The van der Waals surface area contributed by atoms with Gasteiger partial charge in [0.25, 0.3) is 5.56 Å². The third kappa shape index (κ3) is 3.08. The zero-order chi connectivity index (χ0) is 15.5. The van der Waals surface area contributed by atoms with Crippen molar-refractivity contribution in [3.63, 3.8) is 0 Å². The minimum atomic E-state index is -0.144. The van der Waals surface area contributed by atoms with E-state index < -0.39 is 0 Å². The van der Waals surface area contributed by atoms with E-state index in [1.807, 2.05) is 24.3 Å². The highest BCUT2D eigenvalue weighted by Crippen LogP contribution is 2.27. The molecule has 0 spiro atoms. The summed E-state index contributed by atoms with van der Waals surface area (Å²) in [6.07, 6.45) is 4.24. The molecule has 3 rings (SSSR count). The molecule has 1 heterocycles. The van der Waals surface area contributed by atoms with Gasteiger partial charge < -0.3 is 5.32 Å². The molecule has 1 aliphatic carbocycles. The Balaban J connectivity index is 1.81. The van der Waals surface area contributed by atoms with E-state index in [-0.39, 0.29) is 17.4 Å². The van der Waals surface area contributed by atoms with Crippen LogP contribution in [0, 0.1) is 5.92 Å². The van der Waals surface area contributed by atoms with Crippen molar-refractivity contribution in [1.82, 2.24) is 9.78 Å². The van der Waals surface area contributed by atoms with Crippen LogP contribution in [0.5, 0.6) is 0 Å². The molecule has 0 unspecified atom stereocenters. The molecule has 1 fully saturated rings. The molecule has 0 aliphatic heterocycles. The molecule has 114 valence electrons. The summed E-state index contributed by atoms with van der Waals surface area (Å²) in [6.45, 7) is 0. The smallest absolute Gasteiger partial charge is 0.266 e. The van der Waals surface area contributed by atoms with Crippen molar-refractivity contribution in [2.45, 2.75) is 25.7 Å². The van der Waals surface area contributed by atoms with E-state index in [1.54, 1.807) is 13.1 Å². The molecule has 2 aromatic rings. The van der Waals surface area contributed by atoms with Crippen LogP contribution in [0.1, 0.15) is 25.7 Å². The lowest BCUT2D eigenvalue weighted by Crippen LogP contribution is -2.20. The third-order valence-electron chi connectivity index (χ3n) is 4.11. The first-order valence-corrected chi connectivity index (χ1v) is 7.59. The van der Waals surface area contributed by atoms with Gasteiger partial charge in [0, 0.05) is 30.3 Å². The predicted molar refractivity (Wildman–Crippen MR) is 85.5 cm³/mol. The van der Waals surface area contributed by atoms with Crippen LogP contribution in [-0.2, 0) is 11.8 Å². The summed E-state index contributed by atoms with van der Waals surface area (Å²) >= 11 is 0. The first-order valence-electron chi connectivity index (χ1n) is 7.59. The van der Waals surface area contributed by atoms with Crippen LogP contribution in [0.3, 0.4) is 0 Å². The number of nitrogens with one attached hydrogen (secondary N) is 1. The summed E-state index contributed by atoms with van der Waals surface area (Å²) in [4.78, 5) is 23.6. The number of aryl methyl sites for hydroxylation is 1. The van der Waals surface area contributed by atoms with Crippen LogP contribution >= 0.6 is 0 Å². The highest BCUT2D eigenvalue weighted by Gasteiger charge is 2.22. The fourth-order valence-electron chi connectivity index (χ4n) is 2.84. The van der Waals surface area contributed by atoms with Gasteiger partial charge in [0.2, 0.25) is 5.91 Å². The molecular weight excluding hydrogens is 278 g/mol. The second-order valence-electron chi connectivity index (χ2n) is 5.73. The average molecular weight is 297 g/mol. The topological polar surface area (TPSA) is 64.0 Å². The van der Waals surface area contributed by atoms with Gasteiger partial charge in [-0.15, -0.1) is 0 Å². The van der Waals surface area contributed by atoms with Gasteiger partial charge in [-0.1, -0.05) is 25.0 Å². The summed E-state index contributed by atoms with van der Waals surface area (Å²) in [7, 11) is 1.62. The van der Waals surface area contributed by atoms with Gasteiger partial charge in [0.05, 0.1) is 5.69 Å². The van der Waals surface area contributed by atoms with E-state index in [1.165, 1.54) is 10.7 Å². The van der Waals surface area contributed by atoms with Crippen LogP contribution in [0.4, 0.5) is 5.69 Å². The molecule has 22 heavy (non-hydrogen) atoms. The van der Waals surface area contributed by atoms with E-state index in [0.717, 1.165) is 36.9 Å². The molecule has 1 aliphatic rings. The molecule has 5 heteroatoms. The van der Waals surface area contributed by atoms with Gasteiger partial charge >= 0.3 is 0 Å². The monoisotopic (exact) mass is 297 g/mol. The number of hydrogen-bond donors (Lipinski definition) is 1. The molecule has 1 N–H and O–H groups in total. The minimum Gasteiger partial charge on any atom is -0.326 e. The summed E-state index contributed by atoms with van der Waals surface area (Å²) in [5.74, 6) is 0.238. The molecule has 1 saturated carbocycles. The summed E-state index contributed by atoms with van der Waals surface area (Å²) in [5.41, 5.74) is 2.21. The molecule has 0 atom stereocenters. The Morgan fingerprint density at radius 3 is 2.73 bits per heavy atom. The first kappa shape index (κ1) is 14.5. The Morgan fingerprint density at radius 2 is 2.00 bits per heavy atom. The zero-order valence-electron chi connectivity index (χ0n) is 12.6. The Bertz CT molecular complexity index is 746. The van der Waals surface area contributed by atoms with Gasteiger partial charge in [-0.25, -0.2) is 4.68 Å². The number of rotatable bonds is 3. The number of aromatic nitrogens is 2. The highest BCUT2D eigenvalue weighted by molar-refractivity contribution is 5.93. The summed E-state index contributed by atoms with van der Waals surface area (Å²) < 4.78 is 1.30. The second-order valence-corrected chi connectivity index (χ2v) is 5.73. The third-order valence-corrected chi connectivity index (χ3v) is 4.11. The van der Waals surface area contributed by atoms with Gasteiger partial charge in [-0.2, -0.15) is 5.10 Å². The van der Waals surface area contributed by atoms with Crippen molar-refractivity contribution in [2.24, 2.45) is 13.0 Å². The zero-order valence-corrected chi connectivity index (χ0v) is 12.6. The van der Waals surface area contributed by atoms with E-state index in [0.29, 0.717) is 5.69 Å². The number of anilines is 1. The lowest BCUT2D eigenvalue weighted by molar-refractivity contribution is -0.119. The molecule has 0 bridgehead atoms. The van der Waals surface area contributed by atoms with Crippen LogP contribution in [0.2, 0.25) is 0 Å². The van der Waals surface area contributed by atoms with Crippen molar-refractivity contribution >= 4 is 11.6 Å². The standard InChI is InChI=1S/C17H19N3O2/c1-20-16(21)10-9-15(19-20)13-7-4-8-14(11-13)18-17(22)12-5-2-3-6-12/h4,7-12H,2-3,5-6H2,1H3,(H,18,22). The predicted octanol–water partition coefficient (Wildman–Crippen LogP) is 2.58. The van der Waals surface area contributed by atoms with Crippen molar-refractivity contribution in [2.75, 3.05) is 5.32 Å². The number of carbonyl (C=O) groups excluding carboxylic acids is 1.